The summed E-state index contributed by atoms with van der Waals surface area (Å²) in [5, 5.41) is 0.624. The highest BCUT2D eigenvalue weighted by atomic mass is 35.5. The molecule has 0 aliphatic heterocycles. The van der Waals surface area contributed by atoms with E-state index in [1.165, 1.54) is 0 Å². The predicted molar refractivity (Wildman–Crippen MR) is 107 cm³/mol. The van der Waals surface area contributed by atoms with Crippen LogP contribution in [0.2, 0.25) is 5.02 Å². The van der Waals surface area contributed by atoms with Gasteiger partial charge in [-0.2, -0.15) is 0 Å². The maximum atomic E-state index is 12.3. The van der Waals surface area contributed by atoms with Gasteiger partial charge in [-0.15, -0.1) is 5.92 Å². The fraction of sp³-hybridized carbons (Fsp3) is 0.571. The van der Waals surface area contributed by atoms with E-state index in [1.54, 1.807) is 29.2 Å². The molecule has 0 unspecified atom stereocenters. The van der Waals surface area contributed by atoms with E-state index in [1.807, 2.05) is 7.05 Å². The van der Waals surface area contributed by atoms with Crippen LogP contribution in [0.25, 0.3) is 0 Å². The molecule has 0 radical (unpaired) electrons. The maximum Gasteiger partial charge on any atom is 0.415 e. The molecule has 0 atom stereocenters. The van der Waals surface area contributed by atoms with Crippen LogP contribution in [-0.4, -0.2) is 49.6 Å². The van der Waals surface area contributed by atoms with Crippen LogP contribution in [0.5, 0.6) is 5.75 Å². The molecule has 0 saturated heterocycles. The monoisotopic (exact) mass is 376 g/mol. The Morgan fingerprint density at radius 3 is 2.42 bits per heavy atom. The maximum absolute atomic E-state index is 12.3. The van der Waals surface area contributed by atoms with Crippen LogP contribution in [-0.2, 0) is 0 Å². The molecule has 4 nitrogen and oxygen atoms in total. The van der Waals surface area contributed by atoms with Crippen LogP contribution in [0.3, 0.4) is 0 Å². The zero-order chi connectivity index (χ0) is 18.9. The summed E-state index contributed by atoms with van der Waals surface area (Å²) in [7, 11) is 5.99. The van der Waals surface area contributed by atoms with Crippen molar-refractivity contribution in [2.24, 2.45) is 5.92 Å². The summed E-state index contributed by atoms with van der Waals surface area (Å²) in [5.74, 6) is 7.72. The van der Waals surface area contributed by atoms with E-state index in [4.69, 9.17) is 16.3 Å². The van der Waals surface area contributed by atoms with Crippen molar-refractivity contribution in [3.05, 3.63) is 29.3 Å². The average Bonchev–Trinajstić information content (AvgIpc) is 2.63. The van der Waals surface area contributed by atoms with E-state index < -0.39 is 0 Å². The van der Waals surface area contributed by atoms with E-state index in [0.29, 0.717) is 16.7 Å². The smallest absolute Gasteiger partial charge is 0.410 e. The Morgan fingerprint density at radius 1 is 1.15 bits per heavy atom. The third kappa shape index (κ3) is 6.90. The topological polar surface area (TPSA) is 32.8 Å². The molecule has 1 aromatic carbocycles. The number of benzene rings is 1. The third-order valence-electron chi connectivity index (χ3n) is 4.76. The van der Waals surface area contributed by atoms with Gasteiger partial charge in [0, 0.05) is 30.5 Å². The molecule has 0 N–H and O–H groups in total. The van der Waals surface area contributed by atoms with Crippen molar-refractivity contribution in [2.75, 3.05) is 27.7 Å². The number of carbonyl (C=O) groups excluding carboxylic acids is 1. The van der Waals surface area contributed by atoms with Gasteiger partial charge in [0.2, 0.25) is 0 Å². The second-order valence-electron chi connectivity index (χ2n) is 7.17. The van der Waals surface area contributed by atoms with Gasteiger partial charge in [0.05, 0.1) is 0 Å². The van der Waals surface area contributed by atoms with Gasteiger partial charge in [-0.25, -0.2) is 4.79 Å². The van der Waals surface area contributed by atoms with Crippen LogP contribution >= 0.6 is 11.6 Å². The summed E-state index contributed by atoms with van der Waals surface area (Å²) in [6, 6.07) is 7.06. The lowest BCUT2D eigenvalue weighted by Crippen LogP contribution is -2.40. The van der Waals surface area contributed by atoms with Gasteiger partial charge in [-0.1, -0.05) is 17.5 Å². The van der Waals surface area contributed by atoms with Gasteiger partial charge in [0.25, 0.3) is 0 Å². The van der Waals surface area contributed by atoms with Gasteiger partial charge in [0.15, 0.2) is 0 Å². The zero-order valence-electron chi connectivity index (χ0n) is 16.0. The third-order valence-corrected chi connectivity index (χ3v) is 5.02. The lowest BCUT2D eigenvalue weighted by atomic mass is 9.86. The first-order valence-electron chi connectivity index (χ1n) is 9.29. The first-order valence-corrected chi connectivity index (χ1v) is 9.67. The lowest BCUT2D eigenvalue weighted by Gasteiger charge is -2.32. The van der Waals surface area contributed by atoms with Crippen molar-refractivity contribution in [1.82, 2.24) is 9.80 Å². The number of amides is 1. The molecule has 0 bridgehead atoms. The van der Waals surface area contributed by atoms with Crippen LogP contribution in [0.1, 0.15) is 38.5 Å². The Morgan fingerprint density at radius 2 is 1.81 bits per heavy atom. The Kier molecular flexibility index (Phi) is 8.28. The molecule has 5 heteroatoms. The highest BCUT2D eigenvalue weighted by Crippen LogP contribution is 2.27. The largest absolute Gasteiger partial charge is 0.415 e. The van der Waals surface area contributed by atoms with Crippen LogP contribution in [0.4, 0.5) is 4.79 Å². The van der Waals surface area contributed by atoms with E-state index >= 15 is 0 Å². The van der Waals surface area contributed by atoms with Crippen LogP contribution in [0.15, 0.2) is 24.3 Å². The summed E-state index contributed by atoms with van der Waals surface area (Å²) in [6.45, 7) is 1.09. The molecule has 1 aliphatic carbocycles. The van der Waals surface area contributed by atoms with Gasteiger partial charge >= 0.3 is 6.09 Å². The van der Waals surface area contributed by atoms with E-state index in [9.17, 15) is 4.79 Å². The lowest BCUT2D eigenvalue weighted by molar-refractivity contribution is 0.129. The Bertz CT molecular complexity index is 626. The van der Waals surface area contributed by atoms with Gasteiger partial charge in [-0.3, -0.25) is 0 Å². The number of unbranched alkanes of at least 4 members (excludes halogenated alkanes) is 1. The second kappa shape index (κ2) is 10.4. The molecule has 1 aliphatic rings. The summed E-state index contributed by atoms with van der Waals surface area (Å²) in [4.78, 5) is 16.2. The number of ether oxygens (including phenoxy) is 1. The molecular weight excluding hydrogens is 348 g/mol. The van der Waals surface area contributed by atoms with Crippen LogP contribution < -0.4 is 4.74 Å². The molecule has 1 amide bonds. The van der Waals surface area contributed by atoms with Crippen molar-refractivity contribution in [3.8, 4) is 17.6 Å². The zero-order valence-corrected chi connectivity index (χ0v) is 16.8. The standard InChI is InChI=1S/C21H29ClN2O2/c1-23(2)16-6-4-5-7-17-8-12-19(13-9-17)24(3)21(25)26-20-14-10-18(22)11-15-20/h10-11,14-15,17,19H,4,6,8-9,12-13,16H2,1-3H3/t17-,19-. The molecule has 0 aromatic heterocycles. The quantitative estimate of drug-likeness (QED) is 0.552. The number of halogens is 1. The number of hydrogen-bond donors (Lipinski definition) is 0. The Balaban J connectivity index is 1.73. The minimum absolute atomic E-state index is 0.224. The highest BCUT2D eigenvalue weighted by molar-refractivity contribution is 6.30. The molecule has 1 saturated carbocycles. The number of hydrogen-bond acceptors (Lipinski definition) is 3. The predicted octanol–water partition coefficient (Wildman–Crippen LogP) is 4.67. The molecule has 0 spiro atoms. The summed E-state index contributed by atoms with van der Waals surface area (Å²) in [6.07, 6.45) is 5.81. The van der Waals surface area contributed by atoms with Gasteiger partial charge in [0.1, 0.15) is 5.75 Å². The molecule has 1 aromatic rings. The van der Waals surface area contributed by atoms with Crippen molar-refractivity contribution in [2.45, 2.75) is 44.6 Å². The first-order chi connectivity index (χ1) is 12.5. The summed E-state index contributed by atoms with van der Waals surface area (Å²) >= 11 is 5.85. The first kappa shape index (κ1) is 20.6. The molecule has 142 valence electrons. The summed E-state index contributed by atoms with van der Waals surface area (Å²) in [5.41, 5.74) is 0. The minimum Gasteiger partial charge on any atom is -0.410 e. The fourth-order valence-electron chi connectivity index (χ4n) is 3.13. The van der Waals surface area contributed by atoms with Gasteiger partial charge in [-0.05, 0) is 77.0 Å². The van der Waals surface area contributed by atoms with Crippen molar-refractivity contribution in [1.29, 1.82) is 0 Å². The molecule has 1 fully saturated rings. The molecule has 26 heavy (non-hydrogen) atoms. The molecular formula is C21H29ClN2O2. The van der Waals surface area contributed by atoms with E-state index in [0.717, 1.165) is 45.1 Å². The number of nitrogens with zero attached hydrogens (tertiary/aromatic N) is 2. The Hall–Kier alpha value is -1.70. The minimum atomic E-state index is -0.314. The van der Waals surface area contributed by atoms with Crippen LogP contribution in [0, 0.1) is 17.8 Å². The second-order valence-corrected chi connectivity index (χ2v) is 7.60. The van der Waals surface area contributed by atoms with E-state index in [-0.39, 0.29) is 12.1 Å². The number of rotatable bonds is 5. The molecule has 2 rings (SSSR count). The number of carbonyl (C=O) groups is 1. The average molecular weight is 377 g/mol. The van der Waals surface area contributed by atoms with E-state index in [2.05, 4.69) is 30.8 Å². The highest BCUT2D eigenvalue weighted by Gasteiger charge is 2.26. The Labute approximate surface area is 162 Å². The molecule has 0 heterocycles. The summed E-state index contributed by atoms with van der Waals surface area (Å²) < 4.78 is 5.42. The van der Waals surface area contributed by atoms with Gasteiger partial charge < -0.3 is 14.5 Å². The van der Waals surface area contributed by atoms with Crippen molar-refractivity contribution in [3.63, 3.8) is 0 Å². The normalized spacial score (nSPS) is 19.6. The SMILES string of the molecule is CN(C)CCCC#C[C@H]1CC[C@H](N(C)C(=O)Oc2ccc(Cl)cc2)CC1. The fourth-order valence-corrected chi connectivity index (χ4v) is 3.26. The van der Waals surface area contributed by atoms with Crippen molar-refractivity contribution >= 4 is 17.7 Å². The van der Waals surface area contributed by atoms with Crippen molar-refractivity contribution < 1.29 is 9.53 Å².